The first-order chi connectivity index (χ1) is 7.21. The predicted octanol–water partition coefficient (Wildman–Crippen LogP) is 2.04. The van der Waals surface area contributed by atoms with Gasteiger partial charge in [0.05, 0.1) is 0 Å². The molecule has 1 saturated heterocycles. The third kappa shape index (κ3) is 2.73. The van der Waals surface area contributed by atoms with Gasteiger partial charge >= 0.3 is 0 Å². The molecule has 2 aliphatic rings. The Bertz CT molecular complexity index is 187. The van der Waals surface area contributed by atoms with Crippen LogP contribution >= 0.6 is 0 Å². The van der Waals surface area contributed by atoms with Crippen LogP contribution in [-0.2, 0) is 0 Å². The van der Waals surface area contributed by atoms with Crippen LogP contribution in [-0.4, -0.2) is 48.6 Å². The van der Waals surface area contributed by atoms with Crippen LogP contribution in [0, 0.1) is 6.92 Å². The van der Waals surface area contributed by atoms with E-state index in [1.165, 1.54) is 51.6 Å². The van der Waals surface area contributed by atoms with Gasteiger partial charge in [-0.15, -0.1) is 0 Å². The highest BCUT2D eigenvalue weighted by molar-refractivity contribution is 4.96. The van der Waals surface area contributed by atoms with Gasteiger partial charge in [-0.3, -0.25) is 4.90 Å². The molecule has 1 aliphatic carbocycles. The molecule has 2 radical (unpaired) electrons. The van der Waals surface area contributed by atoms with Crippen LogP contribution in [0.2, 0.25) is 0 Å². The fraction of sp³-hybridized carbons (Fsp3) is 0.923. The third-order valence-corrected chi connectivity index (χ3v) is 4.10. The molecule has 0 aromatic rings. The average Bonchev–Trinajstić information content (AvgIpc) is 2.45. The summed E-state index contributed by atoms with van der Waals surface area (Å²) in [5.41, 5.74) is 0.0256. The van der Waals surface area contributed by atoms with Crippen LogP contribution in [0.5, 0.6) is 0 Å². The maximum atomic E-state index is 6.59. The van der Waals surface area contributed by atoms with E-state index in [-0.39, 0.29) is 5.54 Å². The second kappa shape index (κ2) is 4.84. The molecule has 2 nitrogen and oxygen atoms in total. The summed E-state index contributed by atoms with van der Waals surface area (Å²) < 4.78 is 0. The van der Waals surface area contributed by atoms with E-state index in [2.05, 4.69) is 16.8 Å². The second-order valence-electron chi connectivity index (χ2n) is 5.31. The van der Waals surface area contributed by atoms with Crippen LogP contribution in [0.1, 0.15) is 38.5 Å². The first-order valence-electron chi connectivity index (χ1n) is 6.43. The van der Waals surface area contributed by atoms with E-state index >= 15 is 0 Å². The molecule has 0 N–H and O–H groups in total. The normalized spacial score (nSPS) is 30.0. The molecular formula is C13H24N2. The van der Waals surface area contributed by atoms with Crippen molar-refractivity contribution >= 4 is 0 Å². The van der Waals surface area contributed by atoms with Crippen LogP contribution < -0.4 is 0 Å². The van der Waals surface area contributed by atoms with E-state index < -0.39 is 0 Å². The van der Waals surface area contributed by atoms with Crippen molar-refractivity contribution in [2.45, 2.75) is 44.1 Å². The lowest BCUT2D eigenvalue weighted by molar-refractivity contribution is 0.0574. The summed E-state index contributed by atoms with van der Waals surface area (Å²) in [4.78, 5) is 4.94. The SMILES string of the molecule is [CH]C1(N2CCN(C)CC2)CCCCCC1. The van der Waals surface area contributed by atoms with E-state index in [0.717, 1.165) is 13.1 Å². The van der Waals surface area contributed by atoms with Gasteiger partial charge in [-0.25, -0.2) is 0 Å². The van der Waals surface area contributed by atoms with Gasteiger partial charge in [0.2, 0.25) is 0 Å². The molecule has 0 amide bonds. The Morgan fingerprint density at radius 1 is 0.867 bits per heavy atom. The van der Waals surface area contributed by atoms with Gasteiger partial charge in [0.25, 0.3) is 0 Å². The van der Waals surface area contributed by atoms with Gasteiger partial charge in [-0.2, -0.15) is 0 Å². The molecule has 2 rings (SSSR count). The lowest BCUT2D eigenvalue weighted by atomic mass is 9.90. The minimum absolute atomic E-state index is 0.0256. The van der Waals surface area contributed by atoms with Crippen molar-refractivity contribution in [2.24, 2.45) is 0 Å². The van der Waals surface area contributed by atoms with Crippen LogP contribution in [0.15, 0.2) is 0 Å². The van der Waals surface area contributed by atoms with Gasteiger partial charge in [0.15, 0.2) is 0 Å². The Balaban J connectivity index is 1.94. The van der Waals surface area contributed by atoms with Crippen molar-refractivity contribution in [1.29, 1.82) is 0 Å². The summed E-state index contributed by atoms with van der Waals surface area (Å²) in [7, 11) is 2.20. The van der Waals surface area contributed by atoms with Crippen molar-refractivity contribution in [3.63, 3.8) is 0 Å². The Kier molecular flexibility index (Phi) is 3.68. The van der Waals surface area contributed by atoms with Crippen molar-refractivity contribution in [3.05, 3.63) is 6.92 Å². The molecule has 0 aromatic heterocycles. The first kappa shape index (κ1) is 11.4. The zero-order chi connectivity index (χ0) is 10.7. The second-order valence-corrected chi connectivity index (χ2v) is 5.31. The number of hydrogen-bond acceptors (Lipinski definition) is 2. The third-order valence-electron chi connectivity index (χ3n) is 4.10. The van der Waals surface area contributed by atoms with Crippen molar-refractivity contribution < 1.29 is 0 Å². The molecule has 2 fully saturated rings. The number of piperazine rings is 1. The molecule has 86 valence electrons. The maximum absolute atomic E-state index is 6.59. The molecule has 0 spiro atoms. The zero-order valence-electron chi connectivity index (χ0n) is 10.0. The van der Waals surface area contributed by atoms with Gasteiger partial charge in [0, 0.05) is 31.7 Å². The fourth-order valence-corrected chi connectivity index (χ4v) is 2.91. The zero-order valence-corrected chi connectivity index (χ0v) is 10.0. The van der Waals surface area contributed by atoms with Crippen LogP contribution in [0.25, 0.3) is 0 Å². The Hall–Kier alpha value is -0.0800. The number of likely N-dealkylation sites (N-methyl/N-ethyl adjacent to an activating group) is 1. The predicted molar refractivity (Wildman–Crippen MR) is 63.8 cm³/mol. The Labute approximate surface area is 94.6 Å². The molecule has 0 bridgehead atoms. The van der Waals surface area contributed by atoms with Gasteiger partial charge < -0.3 is 4.90 Å². The van der Waals surface area contributed by atoms with E-state index in [1.807, 2.05) is 0 Å². The number of rotatable bonds is 1. The maximum Gasteiger partial charge on any atom is 0.0245 e. The van der Waals surface area contributed by atoms with E-state index in [4.69, 9.17) is 6.92 Å². The smallest absolute Gasteiger partial charge is 0.0245 e. The molecule has 1 heterocycles. The van der Waals surface area contributed by atoms with E-state index in [9.17, 15) is 0 Å². The lowest BCUT2D eigenvalue weighted by Gasteiger charge is -2.45. The van der Waals surface area contributed by atoms with Gasteiger partial charge in [-0.1, -0.05) is 25.7 Å². The van der Waals surface area contributed by atoms with Crippen molar-refractivity contribution in [3.8, 4) is 0 Å². The minimum Gasteiger partial charge on any atom is -0.304 e. The summed E-state index contributed by atoms with van der Waals surface area (Å²) in [5.74, 6) is 0. The van der Waals surface area contributed by atoms with Crippen LogP contribution in [0.4, 0.5) is 0 Å². The minimum atomic E-state index is 0.0256. The monoisotopic (exact) mass is 208 g/mol. The summed E-state index contributed by atoms with van der Waals surface area (Å²) in [5, 5.41) is 0. The molecule has 2 heteroatoms. The number of hydrogen-bond donors (Lipinski definition) is 0. The summed E-state index contributed by atoms with van der Waals surface area (Å²) in [6.07, 6.45) is 7.82. The molecule has 1 aliphatic heterocycles. The standard InChI is InChI=1S/C13H24N2/c1-13(7-5-3-4-6-8-13)15-11-9-14(2)10-12-15/h1H,3-12H2,2H3. The van der Waals surface area contributed by atoms with Crippen molar-refractivity contribution in [1.82, 2.24) is 9.80 Å². The highest BCUT2D eigenvalue weighted by atomic mass is 15.3. The molecule has 15 heavy (non-hydrogen) atoms. The molecule has 0 aromatic carbocycles. The summed E-state index contributed by atoms with van der Waals surface area (Å²) >= 11 is 0. The molecule has 0 atom stereocenters. The highest BCUT2D eigenvalue weighted by Crippen LogP contribution is 2.32. The van der Waals surface area contributed by atoms with Crippen LogP contribution in [0.3, 0.4) is 0 Å². The van der Waals surface area contributed by atoms with E-state index in [0.29, 0.717) is 0 Å². The molecule has 1 saturated carbocycles. The van der Waals surface area contributed by atoms with Gasteiger partial charge in [-0.05, 0) is 26.8 Å². The highest BCUT2D eigenvalue weighted by Gasteiger charge is 2.33. The Morgan fingerprint density at radius 3 is 1.93 bits per heavy atom. The quantitative estimate of drug-likeness (QED) is 0.608. The Morgan fingerprint density at radius 2 is 1.40 bits per heavy atom. The topological polar surface area (TPSA) is 6.48 Å². The van der Waals surface area contributed by atoms with E-state index in [1.54, 1.807) is 0 Å². The molecular weight excluding hydrogens is 184 g/mol. The van der Waals surface area contributed by atoms with Crippen molar-refractivity contribution in [2.75, 3.05) is 33.2 Å². The summed E-state index contributed by atoms with van der Waals surface area (Å²) in [6, 6.07) is 0. The lowest BCUT2D eigenvalue weighted by Crippen LogP contribution is -2.55. The summed E-state index contributed by atoms with van der Waals surface area (Å²) in [6.45, 7) is 11.3. The number of nitrogens with zero attached hydrogens (tertiary/aromatic N) is 2. The fourth-order valence-electron chi connectivity index (χ4n) is 2.91. The molecule has 0 unspecified atom stereocenters. The van der Waals surface area contributed by atoms with Gasteiger partial charge in [0.1, 0.15) is 0 Å². The largest absolute Gasteiger partial charge is 0.304 e. The average molecular weight is 208 g/mol. The first-order valence-corrected chi connectivity index (χ1v) is 6.43.